The van der Waals surface area contributed by atoms with Gasteiger partial charge in [0.15, 0.2) is 0 Å². The molecule has 2 N–H and O–H groups in total. The number of azide groups is 1. The second-order valence-corrected chi connectivity index (χ2v) is 3.62. The predicted molar refractivity (Wildman–Crippen MR) is 54.3 cm³/mol. The minimum Gasteiger partial charge on any atom is -0.321 e. The van der Waals surface area contributed by atoms with Crippen molar-refractivity contribution >= 4 is 0 Å². The fourth-order valence-electron chi connectivity index (χ4n) is 1.03. The molecule has 0 radical (unpaired) electrons. The number of nitrogens with two attached hydrogens (primary N) is 1. The summed E-state index contributed by atoms with van der Waals surface area (Å²) in [6, 6.07) is 5.53. The summed E-state index contributed by atoms with van der Waals surface area (Å²) in [6.45, 7) is 4.03. The summed E-state index contributed by atoms with van der Waals surface area (Å²) < 4.78 is 0. The van der Waals surface area contributed by atoms with Gasteiger partial charge in [0.2, 0.25) is 0 Å². The molecular formula is C9H13N5. The summed E-state index contributed by atoms with van der Waals surface area (Å²) in [5.74, 6) is 0. The van der Waals surface area contributed by atoms with E-state index in [0.717, 1.165) is 11.4 Å². The Balaban J connectivity index is 2.95. The summed E-state index contributed by atoms with van der Waals surface area (Å²) >= 11 is 0. The fourth-order valence-corrected chi connectivity index (χ4v) is 1.03. The Kier molecular flexibility index (Phi) is 3.06. The summed E-state index contributed by atoms with van der Waals surface area (Å²) in [4.78, 5) is 6.97. The molecule has 5 nitrogen and oxygen atoms in total. The SMILES string of the molecule is CC(C)(N)c1cccc(CN=[N+]=[N-])n1. The van der Waals surface area contributed by atoms with Gasteiger partial charge in [-0.15, -0.1) is 0 Å². The molecule has 0 aromatic carbocycles. The van der Waals surface area contributed by atoms with Crippen LogP contribution in [-0.2, 0) is 12.1 Å². The van der Waals surface area contributed by atoms with Gasteiger partial charge >= 0.3 is 0 Å². The average molecular weight is 191 g/mol. The number of pyridine rings is 1. The third kappa shape index (κ3) is 2.73. The smallest absolute Gasteiger partial charge is 0.0684 e. The molecule has 0 aliphatic carbocycles. The van der Waals surface area contributed by atoms with Crippen LogP contribution in [0.3, 0.4) is 0 Å². The van der Waals surface area contributed by atoms with Crippen molar-refractivity contribution in [3.8, 4) is 0 Å². The molecule has 5 heteroatoms. The Morgan fingerprint density at radius 3 is 2.86 bits per heavy atom. The highest BCUT2D eigenvalue weighted by molar-refractivity contribution is 5.17. The number of hydrogen-bond donors (Lipinski definition) is 1. The van der Waals surface area contributed by atoms with Crippen LogP contribution >= 0.6 is 0 Å². The van der Waals surface area contributed by atoms with Gasteiger partial charge in [0.05, 0.1) is 17.8 Å². The van der Waals surface area contributed by atoms with E-state index in [0.29, 0.717) is 0 Å². The molecule has 0 saturated carbocycles. The number of nitrogens with zero attached hydrogens (tertiary/aromatic N) is 4. The minimum absolute atomic E-state index is 0.264. The molecule has 1 heterocycles. The Hall–Kier alpha value is -1.58. The van der Waals surface area contributed by atoms with Crippen molar-refractivity contribution in [2.75, 3.05) is 0 Å². The lowest BCUT2D eigenvalue weighted by atomic mass is 10.0. The van der Waals surface area contributed by atoms with Crippen LogP contribution in [0.15, 0.2) is 23.3 Å². The molecule has 74 valence electrons. The van der Waals surface area contributed by atoms with Gasteiger partial charge in [-0.25, -0.2) is 0 Å². The molecule has 1 rings (SSSR count). The van der Waals surface area contributed by atoms with Crippen LogP contribution < -0.4 is 5.73 Å². The van der Waals surface area contributed by atoms with Crippen LogP contribution in [0.2, 0.25) is 0 Å². The molecule has 0 unspecified atom stereocenters. The Morgan fingerprint density at radius 1 is 1.57 bits per heavy atom. The van der Waals surface area contributed by atoms with Gasteiger partial charge in [-0.3, -0.25) is 4.98 Å². The van der Waals surface area contributed by atoms with Gasteiger partial charge < -0.3 is 5.73 Å². The second-order valence-electron chi connectivity index (χ2n) is 3.62. The first-order valence-corrected chi connectivity index (χ1v) is 4.30. The summed E-state index contributed by atoms with van der Waals surface area (Å²) in [5, 5.41) is 3.44. The van der Waals surface area contributed by atoms with E-state index in [1.807, 2.05) is 32.0 Å². The van der Waals surface area contributed by atoms with Crippen molar-refractivity contribution in [1.82, 2.24) is 4.98 Å². The highest BCUT2D eigenvalue weighted by Gasteiger charge is 2.15. The summed E-state index contributed by atoms with van der Waals surface area (Å²) in [6.07, 6.45) is 0. The first-order valence-electron chi connectivity index (χ1n) is 4.30. The second kappa shape index (κ2) is 4.09. The zero-order chi connectivity index (χ0) is 10.6. The largest absolute Gasteiger partial charge is 0.321 e. The van der Waals surface area contributed by atoms with E-state index in [4.69, 9.17) is 11.3 Å². The van der Waals surface area contributed by atoms with Gasteiger partial charge in [0.1, 0.15) is 0 Å². The van der Waals surface area contributed by atoms with Gasteiger partial charge in [-0.1, -0.05) is 11.2 Å². The Bertz CT molecular complexity index is 360. The van der Waals surface area contributed by atoms with Crippen LogP contribution in [-0.4, -0.2) is 4.98 Å². The van der Waals surface area contributed by atoms with E-state index >= 15 is 0 Å². The number of aromatic nitrogens is 1. The third-order valence-electron chi connectivity index (χ3n) is 1.76. The zero-order valence-corrected chi connectivity index (χ0v) is 8.31. The van der Waals surface area contributed by atoms with Crippen LogP contribution in [0.4, 0.5) is 0 Å². The maximum Gasteiger partial charge on any atom is 0.0684 e. The van der Waals surface area contributed by atoms with Gasteiger partial charge in [-0.05, 0) is 31.5 Å². The minimum atomic E-state index is -0.466. The quantitative estimate of drug-likeness (QED) is 0.450. The molecule has 0 atom stereocenters. The molecule has 0 amide bonds. The molecule has 0 bridgehead atoms. The van der Waals surface area contributed by atoms with Crippen molar-refractivity contribution in [3.05, 3.63) is 40.0 Å². The van der Waals surface area contributed by atoms with Crippen LogP contribution in [0.5, 0.6) is 0 Å². The fraction of sp³-hybridized carbons (Fsp3) is 0.444. The number of rotatable bonds is 3. The standard InChI is InChI=1S/C9H13N5/c1-9(2,10)8-5-3-4-7(13-8)6-12-14-11/h3-5H,6,10H2,1-2H3. The normalized spacial score (nSPS) is 10.8. The van der Waals surface area contributed by atoms with Gasteiger partial charge in [0.25, 0.3) is 0 Å². The topological polar surface area (TPSA) is 87.7 Å². The first kappa shape index (κ1) is 10.5. The predicted octanol–water partition coefficient (Wildman–Crippen LogP) is 2.09. The lowest BCUT2D eigenvalue weighted by Gasteiger charge is -2.18. The molecular weight excluding hydrogens is 178 g/mol. The molecule has 0 aliphatic rings. The van der Waals surface area contributed by atoms with Crippen molar-refractivity contribution in [3.63, 3.8) is 0 Å². The molecule has 1 aromatic heterocycles. The lowest BCUT2D eigenvalue weighted by Crippen LogP contribution is -2.30. The maximum absolute atomic E-state index is 8.16. The van der Waals surface area contributed by atoms with E-state index in [-0.39, 0.29) is 6.54 Å². The van der Waals surface area contributed by atoms with Gasteiger partial charge in [0, 0.05) is 10.6 Å². The average Bonchev–Trinajstić information content (AvgIpc) is 2.14. The highest BCUT2D eigenvalue weighted by atomic mass is 15.1. The monoisotopic (exact) mass is 191 g/mol. The van der Waals surface area contributed by atoms with Crippen LogP contribution in [0.1, 0.15) is 25.2 Å². The molecule has 1 aromatic rings. The molecule has 14 heavy (non-hydrogen) atoms. The van der Waals surface area contributed by atoms with E-state index in [2.05, 4.69) is 15.0 Å². The Labute approximate surface area is 82.6 Å². The van der Waals surface area contributed by atoms with Crippen molar-refractivity contribution < 1.29 is 0 Å². The molecule has 0 saturated heterocycles. The van der Waals surface area contributed by atoms with E-state index in [1.165, 1.54) is 0 Å². The van der Waals surface area contributed by atoms with Crippen molar-refractivity contribution in [2.24, 2.45) is 10.8 Å². The third-order valence-corrected chi connectivity index (χ3v) is 1.76. The van der Waals surface area contributed by atoms with Gasteiger partial charge in [-0.2, -0.15) is 0 Å². The van der Waals surface area contributed by atoms with E-state index in [9.17, 15) is 0 Å². The lowest BCUT2D eigenvalue weighted by molar-refractivity contribution is 0.532. The summed E-state index contributed by atoms with van der Waals surface area (Å²) in [7, 11) is 0. The highest BCUT2D eigenvalue weighted by Crippen LogP contribution is 2.14. The van der Waals surface area contributed by atoms with E-state index < -0.39 is 5.54 Å². The first-order chi connectivity index (χ1) is 6.54. The van der Waals surface area contributed by atoms with Crippen LogP contribution in [0, 0.1) is 0 Å². The molecule has 0 aliphatic heterocycles. The molecule has 0 spiro atoms. The Morgan fingerprint density at radius 2 is 2.29 bits per heavy atom. The van der Waals surface area contributed by atoms with E-state index in [1.54, 1.807) is 0 Å². The van der Waals surface area contributed by atoms with Crippen LogP contribution in [0.25, 0.3) is 10.4 Å². The summed E-state index contributed by atoms with van der Waals surface area (Å²) in [5.41, 5.74) is 15.1. The van der Waals surface area contributed by atoms with Crippen molar-refractivity contribution in [2.45, 2.75) is 25.9 Å². The maximum atomic E-state index is 8.16. The van der Waals surface area contributed by atoms with Crippen molar-refractivity contribution in [1.29, 1.82) is 0 Å². The zero-order valence-electron chi connectivity index (χ0n) is 8.31. The molecule has 0 fully saturated rings. The number of hydrogen-bond acceptors (Lipinski definition) is 3.